The van der Waals surface area contributed by atoms with Gasteiger partial charge >= 0.3 is 13.1 Å². The van der Waals surface area contributed by atoms with Crippen LogP contribution in [0.5, 0.6) is 11.5 Å². The summed E-state index contributed by atoms with van der Waals surface area (Å²) in [7, 11) is -0.428. The SMILES string of the molecule is COc1ccc(C[C@H](SCC(=O)N2CCC2)B(O)O)c(O)c1C(=O)O. The number of benzene rings is 1. The number of carbonyl (C=O) groups excluding carboxylic acids is 1. The Morgan fingerprint density at radius 1 is 1.36 bits per heavy atom. The quantitative estimate of drug-likeness (QED) is 0.471. The van der Waals surface area contributed by atoms with Gasteiger partial charge in [0.15, 0.2) is 0 Å². The van der Waals surface area contributed by atoms with E-state index in [1.807, 2.05) is 0 Å². The number of hydrogen-bond acceptors (Lipinski definition) is 7. The number of methoxy groups -OCH3 is 1. The number of thioether (sulfide) groups is 1. The molecule has 25 heavy (non-hydrogen) atoms. The van der Waals surface area contributed by atoms with Crippen LogP contribution in [0.15, 0.2) is 12.1 Å². The minimum absolute atomic E-state index is 0.00821. The molecule has 136 valence electrons. The maximum Gasteiger partial charge on any atom is 0.465 e. The van der Waals surface area contributed by atoms with Crippen LogP contribution in [-0.2, 0) is 11.2 Å². The summed E-state index contributed by atoms with van der Waals surface area (Å²) in [6.07, 6.45) is 0.964. The largest absolute Gasteiger partial charge is 0.507 e. The van der Waals surface area contributed by atoms with Gasteiger partial charge in [-0.3, -0.25) is 4.79 Å². The minimum Gasteiger partial charge on any atom is -0.507 e. The van der Waals surface area contributed by atoms with Crippen molar-refractivity contribution >= 4 is 30.8 Å². The van der Waals surface area contributed by atoms with Crippen molar-refractivity contribution in [2.45, 2.75) is 18.0 Å². The molecule has 1 aliphatic rings. The van der Waals surface area contributed by atoms with Gasteiger partial charge in [-0.25, -0.2) is 4.79 Å². The molecule has 1 saturated heterocycles. The molecule has 1 fully saturated rings. The van der Waals surface area contributed by atoms with Crippen LogP contribution in [-0.4, -0.2) is 75.3 Å². The molecule has 0 aliphatic carbocycles. The van der Waals surface area contributed by atoms with Crippen molar-refractivity contribution in [3.8, 4) is 11.5 Å². The Morgan fingerprint density at radius 2 is 2.04 bits per heavy atom. The lowest BCUT2D eigenvalue weighted by atomic mass is 9.81. The number of rotatable bonds is 8. The number of carboxylic acids is 1. The molecule has 0 radical (unpaired) electrons. The number of aromatic hydroxyl groups is 1. The van der Waals surface area contributed by atoms with Gasteiger partial charge in [0.25, 0.3) is 0 Å². The summed E-state index contributed by atoms with van der Waals surface area (Å²) in [6.45, 7) is 1.43. The Bertz CT molecular complexity index is 651. The van der Waals surface area contributed by atoms with Crippen molar-refractivity contribution in [1.82, 2.24) is 4.90 Å². The normalized spacial score (nSPS) is 14.6. The van der Waals surface area contributed by atoms with Crippen molar-refractivity contribution in [1.29, 1.82) is 0 Å². The second-order valence-electron chi connectivity index (χ2n) is 5.66. The summed E-state index contributed by atoms with van der Waals surface area (Å²) in [5, 5.41) is 37.7. The lowest BCUT2D eigenvalue weighted by molar-refractivity contribution is -0.131. The van der Waals surface area contributed by atoms with E-state index in [1.54, 1.807) is 4.90 Å². The van der Waals surface area contributed by atoms with Crippen LogP contribution in [0.2, 0.25) is 0 Å². The first-order valence-corrected chi connectivity index (χ1v) is 8.77. The third-order valence-electron chi connectivity index (χ3n) is 4.04. The first-order valence-electron chi connectivity index (χ1n) is 7.72. The Balaban J connectivity index is 2.12. The molecule has 1 amide bonds. The summed E-state index contributed by atoms with van der Waals surface area (Å²) >= 11 is 1.06. The number of amides is 1. The van der Waals surface area contributed by atoms with Crippen molar-refractivity contribution in [3.63, 3.8) is 0 Å². The second-order valence-corrected chi connectivity index (χ2v) is 6.88. The third-order valence-corrected chi connectivity index (χ3v) is 5.29. The summed E-state index contributed by atoms with van der Waals surface area (Å²) in [5.41, 5.74) is -0.145. The highest BCUT2D eigenvalue weighted by Gasteiger charge is 2.29. The molecule has 1 atom stereocenters. The number of carbonyl (C=O) groups is 2. The highest BCUT2D eigenvalue weighted by Crippen LogP contribution is 2.33. The van der Waals surface area contributed by atoms with Gasteiger partial charge in [-0.15, -0.1) is 0 Å². The molecule has 4 N–H and O–H groups in total. The summed E-state index contributed by atoms with van der Waals surface area (Å²) in [6, 6.07) is 2.86. The Morgan fingerprint density at radius 3 is 2.52 bits per heavy atom. The standard InChI is InChI=1S/C15H20BNO7S/c1-24-10-4-3-9(14(19)13(10)15(20)21)7-11(16(22)23)25-8-12(18)17-5-2-6-17/h3-4,11,19,22-23H,2,5-8H2,1H3,(H,20,21)/t11-/m0/s1. The van der Waals surface area contributed by atoms with E-state index in [9.17, 15) is 29.9 Å². The molecule has 1 aromatic rings. The third kappa shape index (κ3) is 4.59. The fourth-order valence-corrected chi connectivity index (χ4v) is 3.47. The summed E-state index contributed by atoms with van der Waals surface area (Å²) in [5.74, 6) is -1.81. The van der Waals surface area contributed by atoms with E-state index in [2.05, 4.69) is 0 Å². The maximum absolute atomic E-state index is 11.9. The van der Waals surface area contributed by atoms with E-state index < -0.39 is 24.0 Å². The lowest BCUT2D eigenvalue weighted by Crippen LogP contribution is -2.43. The van der Waals surface area contributed by atoms with Gasteiger partial charge < -0.3 is 29.9 Å². The molecule has 1 aromatic carbocycles. The molecule has 2 rings (SSSR count). The number of likely N-dealkylation sites (tertiary alicyclic amines) is 1. The lowest BCUT2D eigenvalue weighted by Gasteiger charge is -2.31. The van der Waals surface area contributed by atoms with Gasteiger partial charge in [-0.05, 0) is 24.5 Å². The number of nitrogens with zero attached hydrogens (tertiary/aromatic N) is 1. The number of hydrogen-bond donors (Lipinski definition) is 4. The number of phenols is 1. The topological polar surface area (TPSA) is 128 Å². The molecular weight excluding hydrogens is 349 g/mol. The smallest absolute Gasteiger partial charge is 0.465 e. The van der Waals surface area contributed by atoms with Gasteiger partial charge in [0.1, 0.15) is 17.1 Å². The number of ether oxygens (including phenoxy) is 1. The van der Waals surface area contributed by atoms with E-state index in [0.717, 1.165) is 18.2 Å². The van der Waals surface area contributed by atoms with Crippen LogP contribution in [0.25, 0.3) is 0 Å². The molecule has 0 saturated carbocycles. The predicted octanol–water partition coefficient (Wildman–Crippen LogP) is -0.0124. The Labute approximate surface area is 149 Å². The minimum atomic E-state index is -1.72. The predicted molar refractivity (Wildman–Crippen MR) is 93.0 cm³/mol. The van der Waals surface area contributed by atoms with Crippen molar-refractivity contribution < 1.29 is 34.6 Å². The Kier molecular flexibility index (Phi) is 6.57. The van der Waals surface area contributed by atoms with Crippen molar-refractivity contribution in [2.75, 3.05) is 26.0 Å². The summed E-state index contributed by atoms with van der Waals surface area (Å²) in [4.78, 5) is 24.9. The van der Waals surface area contributed by atoms with E-state index in [4.69, 9.17) is 4.74 Å². The fraction of sp³-hybridized carbons (Fsp3) is 0.467. The number of carboxylic acid groups (broad SMARTS) is 1. The average Bonchev–Trinajstić information content (AvgIpc) is 2.49. The zero-order valence-corrected chi connectivity index (χ0v) is 14.5. The molecule has 10 heteroatoms. The molecule has 0 unspecified atom stereocenters. The molecule has 0 bridgehead atoms. The van der Waals surface area contributed by atoms with Crippen LogP contribution < -0.4 is 4.74 Å². The van der Waals surface area contributed by atoms with Crippen LogP contribution in [0.3, 0.4) is 0 Å². The Hall–Kier alpha value is -1.91. The fourth-order valence-electron chi connectivity index (χ4n) is 2.46. The monoisotopic (exact) mass is 369 g/mol. The first-order chi connectivity index (χ1) is 11.8. The van der Waals surface area contributed by atoms with Crippen LogP contribution in [0, 0.1) is 0 Å². The van der Waals surface area contributed by atoms with Crippen molar-refractivity contribution in [2.24, 2.45) is 0 Å². The zero-order valence-electron chi connectivity index (χ0n) is 13.7. The van der Waals surface area contributed by atoms with E-state index in [1.165, 1.54) is 19.2 Å². The molecule has 0 spiro atoms. The highest BCUT2D eigenvalue weighted by molar-refractivity contribution is 8.01. The van der Waals surface area contributed by atoms with E-state index in [-0.39, 0.29) is 35.0 Å². The van der Waals surface area contributed by atoms with E-state index in [0.29, 0.717) is 13.1 Å². The average molecular weight is 369 g/mol. The molecule has 8 nitrogen and oxygen atoms in total. The van der Waals surface area contributed by atoms with Crippen LogP contribution in [0.1, 0.15) is 22.3 Å². The maximum atomic E-state index is 11.9. The van der Waals surface area contributed by atoms with Gasteiger partial charge in [0.2, 0.25) is 5.91 Å². The summed E-state index contributed by atoms with van der Waals surface area (Å²) < 4.78 is 4.92. The highest BCUT2D eigenvalue weighted by atomic mass is 32.2. The molecule has 1 heterocycles. The molecule has 1 aliphatic heterocycles. The van der Waals surface area contributed by atoms with Gasteiger partial charge in [-0.2, -0.15) is 11.8 Å². The second kappa shape index (κ2) is 8.46. The zero-order chi connectivity index (χ0) is 18.6. The van der Waals surface area contributed by atoms with Crippen molar-refractivity contribution in [3.05, 3.63) is 23.3 Å². The van der Waals surface area contributed by atoms with Gasteiger partial charge in [0, 0.05) is 18.2 Å². The van der Waals surface area contributed by atoms with Crippen LogP contribution in [0.4, 0.5) is 0 Å². The van der Waals surface area contributed by atoms with E-state index >= 15 is 0 Å². The van der Waals surface area contributed by atoms with Gasteiger partial charge in [0.05, 0.1) is 12.9 Å². The number of aromatic carboxylic acids is 1. The molecular formula is C15H20BNO7S. The van der Waals surface area contributed by atoms with Crippen LogP contribution >= 0.6 is 11.8 Å². The van der Waals surface area contributed by atoms with Gasteiger partial charge in [-0.1, -0.05) is 6.07 Å². The molecule has 0 aromatic heterocycles. The first kappa shape index (κ1) is 19.4.